The molecule has 1 rings (SSSR count). The van der Waals surface area contributed by atoms with E-state index in [1.165, 1.54) is 0 Å². The van der Waals surface area contributed by atoms with Gasteiger partial charge in [0.2, 0.25) is 5.88 Å². The smallest absolute Gasteiger partial charge is 0.357 e. The summed E-state index contributed by atoms with van der Waals surface area (Å²) in [6.07, 6.45) is -0.554. The molecule has 0 fully saturated rings. The zero-order valence-electron chi connectivity index (χ0n) is 12.5. The Bertz CT molecular complexity index is 518. The summed E-state index contributed by atoms with van der Waals surface area (Å²) in [7, 11) is 0. The molecule has 0 saturated heterocycles. The van der Waals surface area contributed by atoms with Crippen LogP contribution in [-0.4, -0.2) is 23.2 Å². The largest absolute Gasteiger partial charge is 0.475 e. The third-order valence-electron chi connectivity index (χ3n) is 2.88. The third kappa shape index (κ3) is 4.23. The van der Waals surface area contributed by atoms with E-state index in [0.29, 0.717) is 5.88 Å². The fourth-order valence-electron chi connectivity index (χ4n) is 1.29. The number of nitrogens with zero attached hydrogens (tertiary/aromatic N) is 2. The van der Waals surface area contributed by atoms with Crippen LogP contribution in [0.2, 0.25) is 0 Å². The molecule has 0 saturated carbocycles. The normalized spacial score (nSPS) is 12.7. The van der Waals surface area contributed by atoms with Crippen molar-refractivity contribution in [1.29, 1.82) is 5.26 Å². The van der Waals surface area contributed by atoms with Crippen molar-refractivity contribution in [3.05, 3.63) is 23.9 Å². The van der Waals surface area contributed by atoms with Crippen molar-refractivity contribution in [2.24, 2.45) is 5.41 Å². The first kappa shape index (κ1) is 16.0. The summed E-state index contributed by atoms with van der Waals surface area (Å²) in [5, 5.41) is 9.01. The van der Waals surface area contributed by atoms with Gasteiger partial charge in [0.05, 0.1) is 17.6 Å². The van der Waals surface area contributed by atoms with Gasteiger partial charge in [-0.05, 0) is 40.7 Å². The lowest BCUT2D eigenvalue weighted by Gasteiger charge is -2.23. The van der Waals surface area contributed by atoms with E-state index in [0.717, 1.165) is 0 Å². The second-order valence-corrected chi connectivity index (χ2v) is 5.41. The Morgan fingerprint density at radius 2 is 2.00 bits per heavy atom. The fourth-order valence-corrected chi connectivity index (χ4v) is 1.29. The zero-order valence-corrected chi connectivity index (χ0v) is 12.5. The highest BCUT2D eigenvalue weighted by Gasteiger charge is 2.29. The van der Waals surface area contributed by atoms with Crippen LogP contribution in [0, 0.1) is 16.7 Å². The van der Waals surface area contributed by atoms with Gasteiger partial charge in [-0.25, -0.2) is 9.78 Å². The molecule has 0 aliphatic heterocycles. The van der Waals surface area contributed by atoms with Crippen molar-refractivity contribution in [3.63, 3.8) is 0 Å². The summed E-state index contributed by atoms with van der Waals surface area (Å²) < 4.78 is 10.7. The summed E-state index contributed by atoms with van der Waals surface area (Å²) in [4.78, 5) is 16.1. The first-order valence-corrected chi connectivity index (χ1v) is 6.52. The molecule has 0 aliphatic carbocycles. The summed E-state index contributed by atoms with van der Waals surface area (Å²) in [5.41, 5.74) is -0.578. The molecule has 0 bridgehead atoms. The van der Waals surface area contributed by atoms with Crippen LogP contribution in [0.5, 0.6) is 5.88 Å². The van der Waals surface area contributed by atoms with Gasteiger partial charge in [-0.1, -0.05) is 6.07 Å². The van der Waals surface area contributed by atoms with Crippen LogP contribution in [0.15, 0.2) is 18.2 Å². The van der Waals surface area contributed by atoms with Gasteiger partial charge < -0.3 is 9.47 Å². The van der Waals surface area contributed by atoms with Crippen molar-refractivity contribution >= 4 is 5.97 Å². The predicted octanol–water partition coefficient (Wildman–Crippen LogP) is 2.96. The number of rotatable bonds is 5. The van der Waals surface area contributed by atoms with Crippen LogP contribution in [0.25, 0.3) is 0 Å². The summed E-state index contributed by atoms with van der Waals surface area (Å²) in [6.45, 7) is 8.89. The van der Waals surface area contributed by atoms with E-state index in [1.54, 1.807) is 39.0 Å². The lowest BCUT2D eigenvalue weighted by molar-refractivity contribution is 0.0121. The Hall–Kier alpha value is -2.09. The number of hydrogen-bond donors (Lipinski definition) is 0. The molecule has 5 heteroatoms. The van der Waals surface area contributed by atoms with E-state index in [9.17, 15) is 4.79 Å². The Kier molecular flexibility index (Phi) is 5.09. The highest BCUT2D eigenvalue weighted by atomic mass is 16.5. The second kappa shape index (κ2) is 6.38. The maximum absolute atomic E-state index is 12.0. The average molecular weight is 276 g/mol. The quantitative estimate of drug-likeness (QED) is 0.773. The number of aromatic nitrogens is 1. The predicted molar refractivity (Wildman–Crippen MR) is 74.3 cm³/mol. The minimum Gasteiger partial charge on any atom is -0.475 e. The summed E-state index contributed by atoms with van der Waals surface area (Å²) in [5.74, 6) is -0.184. The molecule has 1 aromatic rings. The van der Waals surface area contributed by atoms with Gasteiger partial charge >= 0.3 is 5.97 Å². The van der Waals surface area contributed by atoms with Crippen LogP contribution in [0.1, 0.15) is 45.1 Å². The van der Waals surface area contributed by atoms with Gasteiger partial charge in [-0.3, -0.25) is 0 Å². The number of esters is 1. The van der Waals surface area contributed by atoms with Crippen LogP contribution in [-0.2, 0) is 4.74 Å². The molecular formula is C15H20N2O3. The summed E-state index contributed by atoms with van der Waals surface area (Å²) >= 11 is 0. The topological polar surface area (TPSA) is 72.2 Å². The number of ether oxygens (including phenoxy) is 2. The van der Waals surface area contributed by atoms with Crippen LogP contribution in [0.4, 0.5) is 0 Å². The number of carbonyl (C=O) groups is 1. The van der Waals surface area contributed by atoms with Gasteiger partial charge in [-0.15, -0.1) is 0 Å². The monoisotopic (exact) mass is 276 g/mol. The standard InChI is InChI=1S/C15H20N2O3/c1-10(2)19-13-8-6-7-12(17-13)14(18)20-11(3)15(4,5)9-16/h6-8,10-11H,1-5H3/t11-/m0/s1. The molecule has 0 N–H and O–H groups in total. The molecule has 0 aromatic carbocycles. The van der Waals surface area contributed by atoms with Crippen LogP contribution >= 0.6 is 0 Å². The van der Waals surface area contributed by atoms with E-state index in [4.69, 9.17) is 14.7 Å². The van der Waals surface area contributed by atoms with Crippen molar-refractivity contribution < 1.29 is 14.3 Å². The highest BCUT2D eigenvalue weighted by molar-refractivity contribution is 5.87. The fraction of sp³-hybridized carbons (Fsp3) is 0.533. The Morgan fingerprint density at radius 1 is 1.35 bits per heavy atom. The number of pyridine rings is 1. The zero-order chi connectivity index (χ0) is 15.3. The molecule has 0 aliphatic rings. The molecular weight excluding hydrogens is 256 g/mol. The molecule has 108 valence electrons. The Balaban J connectivity index is 2.81. The SMILES string of the molecule is CC(C)Oc1cccc(C(=O)O[C@@H](C)C(C)(C)C#N)n1. The maximum atomic E-state index is 12.0. The first-order valence-electron chi connectivity index (χ1n) is 6.52. The van der Waals surface area contributed by atoms with Crippen molar-refractivity contribution in [3.8, 4) is 11.9 Å². The van der Waals surface area contributed by atoms with E-state index in [-0.39, 0.29) is 11.8 Å². The molecule has 5 nitrogen and oxygen atoms in total. The van der Waals surface area contributed by atoms with E-state index < -0.39 is 17.5 Å². The van der Waals surface area contributed by atoms with Gasteiger partial charge in [0.1, 0.15) is 6.10 Å². The summed E-state index contributed by atoms with van der Waals surface area (Å²) in [6, 6.07) is 7.03. The molecule has 1 heterocycles. The van der Waals surface area contributed by atoms with E-state index in [2.05, 4.69) is 11.1 Å². The molecule has 20 heavy (non-hydrogen) atoms. The minimum absolute atomic E-state index is 0.0229. The molecule has 0 spiro atoms. The van der Waals surface area contributed by atoms with Crippen LogP contribution < -0.4 is 4.74 Å². The Morgan fingerprint density at radius 3 is 2.55 bits per heavy atom. The average Bonchev–Trinajstić information content (AvgIpc) is 2.38. The van der Waals surface area contributed by atoms with Gasteiger partial charge in [0.15, 0.2) is 5.69 Å². The minimum atomic E-state index is -0.748. The molecule has 1 atom stereocenters. The molecule has 0 unspecified atom stereocenters. The maximum Gasteiger partial charge on any atom is 0.357 e. The van der Waals surface area contributed by atoms with Crippen molar-refractivity contribution in [2.75, 3.05) is 0 Å². The van der Waals surface area contributed by atoms with E-state index in [1.807, 2.05) is 13.8 Å². The number of carbonyl (C=O) groups excluding carboxylic acids is 1. The lowest BCUT2D eigenvalue weighted by Crippen LogP contribution is -2.30. The molecule has 0 amide bonds. The number of nitriles is 1. The molecule has 0 radical (unpaired) electrons. The van der Waals surface area contributed by atoms with Gasteiger partial charge in [-0.2, -0.15) is 5.26 Å². The van der Waals surface area contributed by atoms with Crippen molar-refractivity contribution in [2.45, 2.75) is 46.8 Å². The van der Waals surface area contributed by atoms with Crippen LogP contribution in [0.3, 0.4) is 0 Å². The highest BCUT2D eigenvalue weighted by Crippen LogP contribution is 2.22. The van der Waals surface area contributed by atoms with Gasteiger partial charge in [0.25, 0.3) is 0 Å². The number of hydrogen-bond acceptors (Lipinski definition) is 5. The van der Waals surface area contributed by atoms with Gasteiger partial charge in [0, 0.05) is 6.07 Å². The Labute approximate surface area is 119 Å². The third-order valence-corrected chi connectivity index (χ3v) is 2.88. The van der Waals surface area contributed by atoms with Crippen molar-refractivity contribution in [1.82, 2.24) is 4.98 Å². The first-order chi connectivity index (χ1) is 9.26. The lowest BCUT2D eigenvalue weighted by atomic mass is 9.89. The second-order valence-electron chi connectivity index (χ2n) is 5.41. The van der Waals surface area contributed by atoms with E-state index >= 15 is 0 Å². The molecule has 1 aromatic heterocycles.